The summed E-state index contributed by atoms with van der Waals surface area (Å²) in [6.07, 6.45) is 0.919. The minimum atomic E-state index is 0.695. The predicted molar refractivity (Wildman–Crippen MR) is 36.2 cm³/mol. The summed E-state index contributed by atoms with van der Waals surface area (Å²) in [6, 6.07) is 0. The summed E-state index contributed by atoms with van der Waals surface area (Å²) in [4.78, 5) is 0. The minimum absolute atomic E-state index is 0.695. The lowest BCUT2D eigenvalue weighted by Gasteiger charge is -1.98. The van der Waals surface area contributed by atoms with Gasteiger partial charge in [0.05, 0.1) is 0 Å². The zero-order valence-corrected chi connectivity index (χ0v) is 5.57. The Morgan fingerprint density at radius 3 is 2.00 bits per heavy atom. The van der Waals surface area contributed by atoms with Gasteiger partial charge in [-0.05, 0) is 26.8 Å². The summed E-state index contributed by atoms with van der Waals surface area (Å²) in [7, 11) is 0. The van der Waals surface area contributed by atoms with Gasteiger partial charge < -0.3 is 11.5 Å². The fourth-order valence-corrected chi connectivity index (χ4v) is 0.414. The van der Waals surface area contributed by atoms with E-state index in [1.807, 2.05) is 13.8 Å². The molecule has 8 heavy (non-hydrogen) atoms. The van der Waals surface area contributed by atoms with Crippen molar-refractivity contribution >= 4 is 0 Å². The molecule has 0 rings (SSSR count). The predicted octanol–water partition coefficient (Wildman–Crippen LogP) is 0.588. The van der Waals surface area contributed by atoms with Gasteiger partial charge in [0, 0.05) is 5.70 Å². The van der Waals surface area contributed by atoms with Gasteiger partial charge in [0.2, 0.25) is 0 Å². The molecule has 2 heteroatoms. The molecule has 0 atom stereocenters. The molecule has 0 aliphatic rings. The van der Waals surface area contributed by atoms with Gasteiger partial charge in [-0.15, -0.1) is 0 Å². The van der Waals surface area contributed by atoms with Gasteiger partial charge in [-0.25, -0.2) is 0 Å². The molecule has 0 unspecified atom stereocenters. The number of hydrogen-bond donors (Lipinski definition) is 2. The Kier molecular flexibility index (Phi) is 3.28. The second-order valence-electron chi connectivity index (χ2n) is 2.00. The highest BCUT2D eigenvalue weighted by Gasteiger charge is 1.87. The maximum atomic E-state index is 5.45. The molecule has 0 aromatic heterocycles. The molecule has 0 radical (unpaired) electrons. The van der Waals surface area contributed by atoms with Crippen LogP contribution >= 0.6 is 0 Å². The quantitative estimate of drug-likeness (QED) is 0.552. The second kappa shape index (κ2) is 3.50. The fourth-order valence-electron chi connectivity index (χ4n) is 0.414. The Bertz CT molecular complexity index is 90.7. The molecule has 0 spiro atoms. The van der Waals surface area contributed by atoms with Gasteiger partial charge in [0.15, 0.2) is 0 Å². The lowest BCUT2D eigenvalue weighted by molar-refractivity contribution is 0.927. The third-order valence-corrected chi connectivity index (χ3v) is 1.19. The molecule has 0 fully saturated rings. The Morgan fingerprint density at radius 1 is 1.38 bits per heavy atom. The Balaban J connectivity index is 3.62. The first-order chi connectivity index (χ1) is 3.68. The summed E-state index contributed by atoms with van der Waals surface area (Å²) in [5.41, 5.74) is 12.8. The van der Waals surface area contributed by atoms with Crippen molar-refractivity contribution in [1.82, 2.24) is 0 Å². The molecule has 4 N–H and O–H groups in total. The highest BCUT2D eigenvalue weighted by molar-refractivity contribution is 5.05. The average Bonchev–Trinajstić information content (AvgIpc) is 1.67. The van der Waals surface area contributed by atoms with Gasteiger partial charge >= 0.3 is 0 Å². The molecular weight excluding hydrogens is 100 g/mol. The van der Waals surface area contributed by atoms with Crippen LogP contribution in [0.5, 0.6) is 0 Å². The fraction of sp³-hybridized carbons (Fsp3) is 0.667. The molecule has 48 valence electrons. The van der Waals surface area contributed by atoms with E-state index < -0.39 is 0 Å². The third kappa shape index (κ3) is 2.64. The van der Waals surface area contributed by atoms with Crippen LogP contribution in [0.2, 0.25) is 0 Å². The van der Waals surface area contributed by atoms with Crippen molar-refractivity contribution in [2.75, 3.05) is 6.54 Å². The van der Waals surface area contributed by atoms with Crippen molar-refractivity contribution in [3.8, 4) is 0 Å². The highest BCUT2D eigenvalue weighted by atomic mass is 14.6. The van der Waals surface area contributed by atoms with E-state index in [0.717, 1.165) is 12.1 Å². The molecule has 0 heterocycles. The third-order valence-electron chi connectivity index (χ3n) is 1.19. The second-order valence-corrected chi connectivity index (χ2v) is 2.00. The first-order valence-electron chi connectivity index (χ1n) is 2.80. The van der Waals surface area contributed by atoms with Gasteiger partial charge in [-0.2, -0.15) is 0 Å². The number of hydrogen-bond acceptors (Lipinski definition) is 2. The first kappa shape index (κ1) is 7.50. The van der Waals surface area contributed by atoms with Crippen LogP contribution in [0.1, 0.15) is 20.3 Å². The average molecular weight is 114 g/mol. The van der Waals surface area contributed by atoms with Crippen LogP contribution in [0, 0.1) is 0 Å². The maximum Gasteiger partial charge on any atom is 0.00384 e. The van der Waals surface area contributed by atoms with Crippen molar-refractivity contribution in [3.63, 3.8) is 0 Å². The maximum absolute atomic E-state index is 5.45. The number of nitrogens with two attached hydrogens (primary N) is 2. The monoisotopic (exact) mass is 114 g/mol. The van der Waals surface area contributed by atoms with E-state index in [4.69, 9.17) is 11.5 Å². The van der Waals surface area contributed by atoms with Gasteiger partial charge in [0.25, 0.3) is 0 Å². The summed E-state index contributed by atoms with van der Waals surface area (Å²) in [6.45, 7) is 4.59. The number of rotatable bonds is 2. The summed E-state index contributed by atoms with van der Waals surface area (Å²) < 4.78 is 0. The zero-order chi connectivity index (χ0) is 6.57. The van der Waals surface area contributed by atoms with Crippen LogP contribution in [-0.4, -0.2) is 6.54 Å². The molecule has 0 saturated heterocycles. The van der Waals surface area contributed by atoms with Crippen molar-refractivity contribution in [1.29, 1.82) is 0 Å². The first-order valence-corrected chi connectivity index (χ1v) is 2.80. The minimum Gasteiger partial charge on any atom is -0.402 e. The highest BCUT2D eigenvalue weighted by Crippen LogP contribution is 1.99. The number of allylic oxidation sites excluding steroid dienone is 1. The van der Waals surface area contributed by atoms with Gasteiger partial charge in [-0.3, -0.25) is 0 Å². The summed E-state index contributed by atoms with van der Waals surface area (Å²) in [5, 5.41) is 0. The molecule has 0 aliphatic carbocycles. The van der Waals surface area contributed by atoms with E-state index in [2.05, 4.69) is 0 Å². The van der Waals surface area contributed by atoms with E-state index in [1.165, 1.54) is 5.57 Å². The molecule has 0 bridgehead atoms. The van der Waals surface area contributed by atoms with Crippen molar-refractivity contribution in [2.24, 2.45) is 11.5 Å². The summed E-state index contributed by atoms with van der Waals surface area (Å²) in [5.74, 6) is 0. The topological polar surface area (TPSA) is 52.0 Å². The van der Waals surface area contributed by atoms with Crippen LogP contribution in [0.4, 0.5) is 0 Å². The van der Waals surface area contributed by atoms with Crippen molar-refractivity contribution in [2.45, 2.75) is 20.3 Å². The lowest BCUT2D eigenvalue weighted by atomic mass is 10.2. The van der Waals surface area contributed by atoms with E-state index in [0.29, 0.717) is 6.54 Å². The van der Waals surface area contributed by atoms with Crippen LogP contribution < -0.4 is 11.5 Å². The smallest absolute Gasteiger partial charge is 0.00384 e. The lowest BCUT2D eigenvalue weighted by Crippen LogP contribution is -2.03. The van der Waals surface area contributed by atoms with Crippen LogP contribution in [0.25, 0.3) is 0 Å². The standard InChI is InChI=1S/C6H14N2/c1-5(3-4-7)6(2)8/h3-4,7-8H2,1-2H3/b6-5+. The van der Waals surface area contributed by atoms with Crippen LogP contribution in [0.15, 0.2) is 11.3 Å². The van der Waals surface area contributed by atoms with Crippen molar-refractivity contribution in [3.05, 3.63) is 11.3 Å². The Hall–Kier alpha value is -0.500. The molecule has 2 nitrogen and oxygen atoms in total. The Morgan fingerprint density at radius 2 is 1.88 bits per heavy atom. The van der Waals surface area contributed by atoms with E-state index in [-0.39, 0.29) is 0 Å². The molecule has 0 aliphatic heterocycles. The molecular formula is C6H14N2. The molecule has 0 aromatic carbocycles. The molecule has 0 amide bonds. The Labute approximate surface area is 50.6 Å². The van der Waals surface area contributed by atoms with E-state index in [9.17, 15) is 0 Å². The van der Waals surface area contributed by atoms with E-state index in [1.54, 1.807) is 0 Å². The normalized spacial score (nSPS) is 13.4. The van der Waals surface area contributed by atoms with Crippen LogP contribution in [-0.2, 0) is 0 Å². The van der Waals surface area contributed by atoms with Crippen LogP contribution in [0.3, 0.4) is 0 Å². The van der Waals surface area contributed by atoms with Crippen molar-refractivity contribution < 1.29 is 0 Å². The molecule has 0 aromatic rings. The SMILES string of the molecule is C/C(N)=C(/C)CCN. The summed E-state index contributed by atoms with van der Waals surface area (Å²) >= 11 is 0. The zero-order valence-electron chi connectivity index (χ0n) is 5.57. The van der Waals surface area contributed by atoms with Gasteiger partial charge in [0.1, 0.15) is 0 Å². The molecule has 0 saturated carbocycles. The van der Waals surface area contributed by atoms with E-state index >= 15 is 0 Å². The largest absolute Gasteiger partial charge is 0.402 e. The van der Waals surface area contributed by atoms with Gasteiger partial charge in [-0.1, -0.05) is 5.57 Å².